The third-order valence-electron chi connectivity index (χ3n) is 4.21. The van der Waals surface area contributed by atoms with Crippen LogP contribution < -0.4 is 25.1 Å². The Morgan fingerprint density at radius 1 is 1.16 bits per heavy atom. The molecule has 1 unspecified atom stereocenters. The standard InChI is InChI=1S/C20H18F3N3O5S/c1-3-16(17(27)24-12-4-8-15(9-5-12)30-20(21,22)23)32-18-19(28)31-25-26(18)13-6-10-14(29-2)11-7-13/h4-11,16H,3H2,1-2H3,(H-,24,25,27,28)/p+1. The summed E-state index contributed by atoms with van der Waals surface area (Å²) in [7, 11) is 1.53. The molecule has 12 heteroatoms. The fourth-order valence-corrected chi connectivity index (χ4v) is 3.67. The van der Waals surface area contributed by atoms with E-state index in [1.807, 2.05) is 0 Å². The van der Waals surface area contributed by atoms with Crippen molar-refractivity contribution in [1.82, 2.24) is 5.27 Å². The van der Waals surface area contributed by atoms with Crippen LogP contribution in [0.2, 0.25) is 0 Å². The van der Waals surface area contributed by atoms with Crippen LogP contribution >= 0.6 is 11.8 Å². The summed E-state index contributed by atoms with van der Waals surface area (Å²) in [5.41, 5.74) is 0.230. The highest BCUT2D eigenvalue weighted by Crippen LogP contribution is 2.26. The predicted molar refractivity (Wildman–Crippen MR) is 109 cm³/mol. The number of hydrogen-bond acceptors (Lipinski definition) is 6. The molecule has 2 N–H and O–H groups in total. The fourth-order valence-electron chi connectivity index (χ4n) is 2.69. The van der Waals surface area contributed by atoms with Crippen LogP contribution in [0.15, 0.2) is 62.9 Å². The lowest BCUT2D eigenvalue weighted by Gasteiger charge is -2.13. The van der Waals surface area contributed by atoms with E-state index >= 15 is 0 Å². The van der Waals surface area contributed by atoms with E-state index in [9.17, 15) is 22.8 Å². The number of ether oxygens (including phenoxy) is 2. The van der Waals surface area contributed by atoms with Gasteiger partial charge in [0, 0.05) is 17.8 Å². The molecule has 3 aromatic rings. The van der Waals surface area contributed by atoms with E-state index < -0.39 is 28.9 Å². The van der Waals surface area contributed by atoms with Crippen molar-refractivity contribution in [3.8, 4) is 17.2 Å². The van der Waals surface area contributed by atoms with Crippen molar-refractivity contribution in [2.75, 3.05) is 12.4 Å². The van der Waals surface area contributed by atoms with Crippen LogP contribution in [0, 0.1) is 0 Å². The number of benzene rings is 2. The van der Waals surface area contributed by atoms with Crippen molar-refractivity contribution in [1.29, 1.82) is 0 Å². The van der Waals surface area contributed by atoms with E-state index in [0.717, 1.165) is 23.9 Å². The van der Waals surface area contributed by atoms with Gasteiger partial charge in [-0.05, 0) is 64.5 Å². The molecular formula is C20H19F3N3O5S+. The number of hydrogen-bond donors (Lipinski definition) is 2. The highest BCUT2D eigenvalue weighted by Gasteiger charge is 2.32. The third kappa shape index (κ3) is 5.84. The monoisotopic (exact) mass is 470 g/mol. The Morgan fingerprint density at radius 3 is 2.34 bits per heavy atom. The van der Waals surface area contributed by atoms with Crippen LogP contribution in [0.4, 0.5) is 18.9 Å². The smallest absolute Gasteiger partial charge is 0.497 e. The van der Waals surface area contributed by atoms with E-state index in [2.05, 4.69) is 15.3 Å². The summed E-state index contributed by atoms with van der Waals surface area (Å²) in [5.74, 6) is -0.196. The molecule has 0 radical (unpaired) electrons. The van der Waals surface area contributed by atoms with Crippen LogP contribution in [0.5, 0.6) is 11.5 Å². The number of carbonyl (C=O) groups excluding carboxylic acids is 1. The van der Waals surface area contributed by atoms with Gasteiger partial charge in [0.25, 0.3) is 0 Å². The number of alkyl halides is 3. The zero-order valence-electron chi connectivity index (χ0n) is 16.9. The Morgan fingerprint density at radius 2 is 1.78 bits per heavy atom. The van der Waals surface area contributed by atoms with Gasteiger partial charge < -0.3 is 14.8 Å². The molecule has 170 valence electrons. The molecule has 1 aromatic heterocycles. The summed E-state index contributed by atoms with van der Waals surface area (Å²) in [4.78, 5) is 24.9. The van der Waals surface area contributed by atoms with Crippen LogP contribution in [0.1, 0.15) is 13.3 Å². The van der Waals surface area contributed by atoms with Crippen molar-refractivity contribution in [3.05, 3.63) is 59.0 Å². The first-order valence-electron chi connectivity index (χ1n) is 9.31. The fraction of sp³-hybridized carbons (Fsp3) is 0.250. The number of thioether (sulfide) groups is 1. The lowest BCUT2D eigenvalue weighted by molar-refractivity contribution is -0.704. The van der Waals surface area contributed by atoms with Gasteiger partial charge in [-0.15, -0.1) is 13.2 Å². The highest BCUT2D eigenvalue weighted by atomic mass is 32.2. The maximum absolute atomic E-state index is 12.7. The van der Waals surface area contributed by atoms with Crippen molar-refractivity contribution in [2.45, 2.75) is 30.0 Å². The topological polar surface area (TPSA) is 97.4 Å². The van der Waals surface area contributed by atoms with Crippen molar-refractivity contribution in [2.24, 2.45) is 0 Å². The zero-order valence-corrected chi connectivity index (χ0v) is 17.8. The van der Waals surface area contributed by atoms with Crippen LogP contribution in [-0.4, -0.2) is 29.9 Å². The van der Waals surface area contributed by atoms with Gasteiger partial charge >= 0.3 is 17.0 Å². The maximum atomic E-state index is 12.7. The number of aromatic amines is 1. The Hall–Kier alpha value is -3.41. The second-order valence-electron chi connectivity index (χ2n) is 6.40. The Bertz CT molecular complexity index is 1110. The van der Waals surface area contributed by atoms with Crippen molar-refractivity contribution in [3.63, 3.8) is 0 Å². The van der Waals surface area contributed by atoms with Crippen molar-refractivity contribution < 1.29 is 36.6 Å². The second-order valence-corrected chi connectivity index (χ2v) is 7.59. The predicted octanol–water partition coefficient (Wildman–Crippen LogP) is 3.66. The lowest BCUT2D eigenvalue weighted by atomic mass is 10.2. The van der Waals surface area contributed by atoms with Gasteiger partial charge in [0.15, 0.2) is 0 Å². The zero-order chi connectivity index (χ0) is 23.3. The number of rotatable bonds is 8. The summed E-state index contributed by atoms with van der Waals surface area (Å²) < 4.78 is 52.0. The number of aromatic nitrogens is 2. The van der Waals surface area contributed by atoms with E-state index in [1.54, 1.807) is 31.2 Å². The molecule has 1 heterocycles. The third-order valence-corrected chi connectivity index (χ3v) is 5.61. The molecule has 8 nitrogen and oxygen atoms in total. The van der Waals surface area contributed by atoms with E-state index in [1.165, 1.54) is 23.9 Å². The van der Waals surface area contributed by atoms with Gasteiger partial charge in [-0.3, -0.25) is 9.32 Å². The number of carbonyl (C=O) groups is 1. The molecule has 0 aliphatic carbocycles. The van der Waals surface area contributed by atoms with Gasteiger partial charge in [0.1, 0.15) is 11.5 Å². The highest BCUT2D eigenvalue weighted by molar-refractivity contribution is 8.00. The quantitative estimate of drug-likeness (QED) is 0.385. The number of nitrogens with zero attached hydrogens (tertiary/aromatic N) is 1. The number of amides is 1. The first kappa shape index (κ1) is 23.3. The first-order valence-corrected chi connectivity index (χ1v) is 10.2. The number of methoxy groups -OCH3 is 1. The van der Waals surface area contributed by atoms with Gasteiger partial charge in [-0.2, -0.15) is 0 Å². The molecule has 0 saturated heterocycles. The minimum absolute atomic E-state index is 0.158. The number of halogens is 3. The summed E-state index contributed by atoms with van der Waals surface area (Å²) in [5, 5.41) is 4.61. The number of anilines is 1. The molecule has 0 saturated carbocycles. The largest absolute Gasteiger partial charge is 0.573 e. The van der Waals surface area contributed by atoms with E-state index in [-0.39, 0.29) is 10.7 Å². The summed E-state index contributed by atoms with van der Waals surface area (Å²) in [6, 6.07) is 11.6. The molecule has 0 spiro atoms. The summed E-state index contributed by atoms with van der Waals surface area (Å²) in [6.07, 6.45) is -4.43. The Kier molecular flexibility index (Phi) is 7.13. The molecular weight excluding hydrogens is 451 g/mol. The van der Waals surface area contributed by atoms with E-state index in [0.29, 0.717) is 17.9 Å². The maximum Gasteiger partial charge on any atom is 0.573 e. The SMILES string of the molecule is CCC(Sc1c(=O)o[nH][n+]1-c1ccc(OC)cc1)C(=O)Nc1ccc(OC(F)(F)F)cc1. The molecule has 0 fully saturated rings. The van der Waals surface area contributed by atoms with Gasteiger partial charge in [0.05, 0.1) is 12.4 Å². The number of H-pyrrole nitrogens is 1. The normalized spacial score (nSPS) is 12.3. The molecule has 0 bridgehead atoms. The minimum atomic E-state index is -4.80. The molecule has 0 aliphatic heterocycles. The van der Waals surface area contributed by atoms with Gasteiger partial charge in [-0.1, -0.05) is 6.92 Å². The molecule has 1 atom stereocenters. The molecule has 0 aliphatic rings. The van der Waals surface area contributed by atoms with Gasteiger partial charge in [-0.25, -0.2) is 4.79 Å². The van der Waals surface area contributed by atoms with Crippen LogP contribution in [0.25, 0.3) is 5.69 Å². The number of nitrogens with one attached hydrogen (secondary N) is 2. The second kappa shape index (κ2) is 9.81. The van der Waals surface area contributed by atoms with Crippen LogP contribution in [-0.2, 0) is 4.79 Å². The Labute approximate surface area is 184 Å². The lowest BCUT2D eigenvalue weighted by Crippen LogP contribution is -2.37. The van der Waals surface area contributed by atoms with Crippen LogP contribution in [0.3, 0.4) is 0 Å². The van der Waals surface area contributed by atoms with Crippen molar-refractivity contribution >= 4 is 23.4 Å². The molecule has 32 heavy (non-hydrogen) atoms. The summed E-state index contributed by atoms with van der Waals surface area (Å²) >= 11 is 1.00. The first-order chi connectivity index (χ1) is 15.2. The van der Waals surface area contributed by atoms with Gasteiger partial charge in [0.2, 0.25) is 11.6 Å². The average molecular weight is 470 g/mol. The Balaban J connectivity index is 1.73. The molecule has 1 amide bonds. The minimum Gasteiger partial charge on any atom is -0.497 e. The molecule has 3 rings (SSSR count). The van der Waals surface area contributed by atoms with E-state index in [4.69, 9.17) is 9.26 Å². The average Bonchev–Trinajstić information content (AvgIpc) is 3.12. The molecule has 2 aromatic carbocycles. The summed E-state index contributed by atoms with van der Waals surface area (Å²) in [6.45, 7) is 1.77.